The van der Waals surface area contributed by atoms with E-state index in [9.17, 15) is 5.11 Å². The molecule has 0 aliphatic carbocycles. The number of hydrogen-bond acceptors (Lipinski definition) is 2. The lowest BCUT2D eigenvalue weighted by molar-refractivity contribution is 0.224. The molecule has 3 heteroatoms. The van der Waals surface area contributed by atoms with Crippen LogP contribution in [0, 0.1) is 6.92 Å². The molecule has 0 aliphatic rings. The maximum absolute atomic E-state index is 10.1. The molecule has 0 aliphatic heterocycles. The Kier molecular flexibility index (Phi) is 3.24. The highest BCUT2D eigenvalue weighted by Crippen LogP contribution is 2.29. The molecule has 0 saturated heterocycles. The second-order valence-electron chi connectivity index (χ2n) is 3.41. The molecule has 0 fully saturated rings. The predicted octanol–water partition coefficient (Wildman–Crippen LogP) is 3.90. The Morgan fingerprint density at radius 1 is 1.27 bits per heavy atom. The van der Waals surface area contributed by atoms with Gasteiger partial charge in [-0.3, -0.25) is 0 Å². The summed E-state index contributed by atoms with van der Waals surface area (Å²) in [5.41, 5.74) is 0.922. The summed E-state index contributed by atoms with van der Waals surface area (Å²) >= 11 is 5.03. The van der Waals surface area contributed by atoms with Gasteiger partial charge in [-0.25, -0.2) is 0 Å². The van der Waals surface area contributed by atoms with Crippen LogP contribution >= 0.6 is 27.3 Å². The van der Waals surface area contributed by atoms with Crippen molar-refractivity contribution >= 4 is 27.3 Å². The van der Waals surface area contributed by atoms with E-state index in [2.05, 4.69) is 15.9 Å². The fourth-order valence-electron chi connectivity index (χ4n) is 1.44. The molecule has 2 rings (SSSR count). The van der Waals surface area contributed by atoms with Crippen molar-refractivity contribution in [2.75, 3.05) is 0 Å². The molecule has 0 radical (unpaired) electrons. The molecule has 1 aromatic carbocycles. The number of halogens is 1. The molecular formula is C12H11BrOS. The minimum Gasteiger partial charge on any atom is -0.383 e. The number of aliphatic hydroxyl groups excluding tert-OH is 1. The quantitative estimate of drug-likeness (QED) is 0.886. The van der Waals surface area contributed by atoms with Gasteiger partial charge in [-0.05, 0) is 36.8 Å². The van der Waals surface area contributed by atoms with Crippen molar-refractivity contribution in [3.8, 4) is 0 Å². The van der Waals surface area contributed by atoms with Gasteiger partial charge in [0.2, 0.25) is 0 Å². The van der Waals surface area contributed by atoms with Gasteiger partial charge in [0.15, 0.2) is 0 Å². The average Bonchev–Trinajstić information content (AvgIpc) is 2.64. The molecule has 1 heterocycles. The van der Waals surface area contributed by atoms with Crippen LogP contribution < -0.4 is 0 Å². The molecule has 0 bridgehead atoms. The number of aryl methyl sites for hydroxylation is 1. The second-order valence-corrected chi connectivity index (χ2v) is 5.64. The Balaban J connectivity index is 2.32. The lowest BCUT2D eigenvalue weighted by Gasteiger charge is -2.08. The number of benzene rings is 1. The molecule has 1 nitrogen and oxygen atoms in total. The van der Waals surface area contributed by atoms with Gasteiger partial charge in [0.05, 0.1) is 0 Å². The predicted molar refractivity (Wildman–Crippen MR) is 67.3 cm³/mol. The van der Waals surface area contributed by atoms with Gasteiger partial charge in [-0.15, -0.1) is 11.3 Å². The van der Waals surface area contributed by atoms with Gasteiger partial charge >= 0.3 is 0 Å². The SMILES string of the molecule is Cc1ccc([C@@H](O)c2cccc(Br)c2)s1. The second kappa shape index (κ2) is 4.47. The summed E-state index contributed by atoms with van der Waals surface area (Å²) in [7, 11) is 0. The van der Waals surface area contributed by atoms with Crippen LogP contribution in [0.15, 0.2) is 40.9 Å². The third kappa shape index (κ3) is 2.48. The van der Waals surface area contributed by atoms with Gasteiger partial charge in [0.1, 0.15) is 6.10 Å². The van der Waals surface area contributed by atoms with E-state index in [4.69, 9.17) is 0 Å². The Morgan fingerprint density at radius 3 is 2.67 bits per heavy atom. The zero-order chi connectivity index (χ0) is 10.8. The first kappa shape index (κ1) is 10.9. The van der Waals surface area contributed by atoms with Crippen LogP contribution in [0.3, 0.4) is 0 Å². The van der Waals surface area contributed by atoms with E-state index in [1.54, 1.807) is 11.3 Å². The zero-order valence-corrected chi connectivity index (χ0v) is 10.7. The van der Waals surface area contributed by atoms with Gasteiger partial charge in [-0.1, -0.05) is 28.1 Å². The van der Waals surface area contributed by atoms with Crippen LogP contribution in [0.4, 0.5) is 0 Å². The lowest BCUT2D eigenvalue weighted by Crippen LogP contribution is -1.96. The maximum Gasteiger partial charge on any atom is 0.113 e. The summed E-state index contributed by atoms with van der Waals surface area (Å²) in [6, 6.07) is 11.8. The van der Waals surface area contributed by atoms with Crippen molar-refractivity contribution < 1.29 is 5.11 Å². The third-order valence-corrected chi connectivity index (χ3v) is 3.74. The fourth-order valence-corrected chi connectivity index (χ4v) is 2.75. The van der Waals surface area contributed by atoms with E-state index in [0.29, 0.717) is 0 Å². The topological polar surface area (TPSA) is 20.2 Å². The smallest absolute Gasteiger partial charge is 0.113 e. The average molecular weight is 283 g/mol. The van der Waals surface area contributed by atoms with E-state index in [-0.39, 0.29) is 0 Å². The van der Waals surface area contributed by atoms with Crippen molar-refractivity contribution in [1.29, 1.82) is 0 Å². The Bertz CT molecular complexity index is 464. The molecule has 0 unspecified atom stereocenters. The van der Waals surface area contributed by atoms with Crippen molar-refractivity contribution in [1.82, 2.24) is 0 Å². The van der Waals surface area contributed by atoms with Crippen LogP contribution in [-0.2, 0) is 0 Å². The molecule has 0 spiro atoms. The third-order valence-electron chi connectivity index (χ3n) is 2.20. The van der Waals surface area contributed by atoms with Gasteiger partial charge in [-0.2, -0.15) is 0 Å². The summed E-state index contributed by atoms with van der Waals surface area (Å²) < 4.78 is 0.993. The van der Waals surface area contributed by atoms with Crippen molar-refractivity contribution in [2.24, 2.45) is 0 Å². The number of hydrogen-bond donors (Lipinski definition) is 1. The summed E-state index contributed by atoms with van der Waals surface area (Å²) in [6.07, 6.45) is -0.513. The van der Waals surface area contributed by atoms with Crippen LogP contribution in [-0.4, -0.2) is 5.11 Å². The minimum absolute atomic E-state index is 0.513. The minimum atomic E-state index is -0.513. The highest BCUT2D eigenvalue weighted by molar-refractivity contribution is 9.10. The highest BCUT2D eigenvalue weighted by Gasteiger charge is 2.12. The van der Waals surface area contributed by atoms with Gasteiger partial charge < -0.3 is 5.11 Å². The standard InChI is InChI=1S/C12H11BrOS/c1-8-5-6-11(15-8)12(14)9-3-2-4-10(13)7-9/h2-7,12,14H,1H3/t12-/m0/s1. The molecule has 15 heavy (non-hydrogen) atoms. The lowest BCUT2D eigenvalue weighted by atomic mass is 10.1. The van der Waals surface area contributed by atoms with Crippen molar-refractivity contribution in [3.05, 3.63) is 56.2 Å². The van der Waals surface area contributed by atoms with Crippen LogP contribution in [0.2, 0.25) is 0 Å². The molecule has 2 aromatic rings. The van der Waals surface area contributed by atoms with Crippen LogP contribution in [0.5, 0.6) is 0 Å². The highest BCUT2D eigenvalue weighted by atomic mass is 79.9. The van der Waals surface area contributed by atoms with Crippen molar-refractivity contribution in [3.63, 3.8) is 0 Å². The summed E-state index contributed by atoms with van der Waals surface area (Å²) in [5.74, 6) is 0. The maximum atomic E-state index is 10.1. The van der Waals surface area contributed by atoms with Crippen LogP contribution in [0.1, 0.15) is 21.4 Å². The van der Waals surface area contributed by atoms with E-state index in [1.165, 1.54) is 4.88 Å². The monoisotopic (exact) mass is 282 g/mol. The van der Waals surface area contributed by atoms with Gasteiger partial charge in [0.25, 0.3) is 0 Å². The Hall–Kier alpha value is -0.640. The van der Waals surface area contributed by atoms with Crippen molar-refractivity contribution in [2.45, 2.75) is 13.0 Å². The van der Waals surface area contributed by atoms with Crippen LogP contribution in [0.25, 0.3) is 0 Å². The first-order valence-corrected chi connectivity index (χ1v) is 6.27. The normalized spacial score (nSPS) is 12.7. The fraction of sp³-hybridized carbons (Fsp3) is 0.167. The number of thiophene rings is 1. The Morgan fingerprint density at radius 2 is 2.07 bits per heavy atom. The number of aliphatic hydroxyl groups is 1. The largest absolute Gasteiger partial charge is 0.383 e. The molecule has 0 amide bonds. The first-order valence-electron chi connectivity index (χ1n) is 4.66. The molecule has 0 saturated carbocycles. The van der Waals surface area contributed by atoms with E-state index in [0.717, 1.165) is 14.9 Å². The Labute approximate surface area is 102 Å². The van der Waals surface area contributed by atoms with E-state index < -0.39 is 6.10 Å². The van der Waals surface area contributed by atoms with E-state index >= 15 is 0 Å². The van der Waals surface area contributed by atoms with E-state index in [1.807, 2.05) is 43.3 Å². The molecule has 1 aromatic heterocycles. The molecule has 1 N–H and O–H groups in total. The zero-order valence-electron chi connectivity index (χ0n) is 8.27. The van der Waals surface area contributed by atoms with Gasteiger partial charge in [0, 0.05) is 14.2 Å². The number of rotatable bonds is 2. The summed E-state index contributed by atoms with van der Waals surface area (Å²) in [6.45, 7) is 2.04. The summed E-state index contributed by atoms with van der Waals surface area (Å²) in [4.78, 5) is 2.21. The molecular weight excluding hydrogens is 272 g/mol. The molecule has 78 valence electrons. The first-order chi connectivity index (χ1) is 7.16. The summed E-state index contributed by atoms with van der Waals surface area (Å²) in [5, 5.41) is 10.1. The molecule has 1 atom stereocenters.